The fraction of sp³-hybridized carbons (Fsp3) is 1.00. The summed E-state index contributed by atoms with van der Waals surface area (Å²) in [6.07, 6.45) is 7.82. The van der Waals surface area contributed by atoms with Gasteiger partial charge in [-0.3, -0.25) is 5.73 Å². The quantitative estimate of drug-likeness (QED) is 0.544. The first-order valence-electron chi connectivity index (χ1n) is 5.66. The lowest BCUT2D eigenvalue weighted by molar-refractivity contribution is -0.107. The van der Waals surface area contributed by atoms with Gasteiger partial charge in [-0.05, 0) is 55.3 Å². The van der Waals surface area contributed by atoms with Crippen LogP contribution in [0.4, 0.5) is 0 Å². The topological polar surface area (TPSA) is 23.8 Å². The van der Waals surface area contributed by atoms with E-state index in [1.165, 1.54) is 38.5 Å². The third-order valence-electron chi connectivity index (χ3n) is 4.63. The number of nitrogens with one attached hydrogen (secondary N) is 1. The van der Waals surface area contributed by atoms with Crippen molar-refractivity contribution in [1.29, 1.82) is 0 Å². The van der Waals surface area contributed by atoms with Gasteiger partial charge in [-0.15, -0.1) is 0 Å². The minimum atomic E-state index is -0.0249. The second kappa shape index (κ2) is 1.98. The lowest BCUT2D eigenvalue weighted by Gasteiger charge is -2.63. The van der Waals surface area contributed by atoms with Crippen LogP contribution in [0.1, 0.15) is 52.4 Å². The van der Waals surface area contributed by atoms with E-state index in [0.717, 1.165) is 5.92 Å². The van der Waals surface area contributed by atoms with Crippen molar-refractivity contribution < 1.29 is 0 Å². The zero-order valence-corrected chi connectivity index (χ0v) is 8.82. The molecule has 0 spiro atoms. The van der Waals surface area contributed by atoms with Crippen molar-refractivity contribution in [2.24, 2.45) is 16.7 Å². The van der Waals surface area contributed by atoms with Crippen LogP contribution >= 0.6 is 0 Å². The van der Waals surface area contributed by atoms with E-state index >= 15 is 0 Å². The highest BCUT2D eigenvalue weighted by Gasteiger charge is 2.58. The summed E-state index contributed by atoms with van der Waals surface area (Å²) in [4.78, 5) is 0. The Morgan fingerprint density at radius 3 is 1.85 bits per heavy atom. The van der Waals surface area contributed by atoms with Gasteiger partial charge in [0.2, 0.25) is 0 Å². The molecule has 4 aliphatic rings. The van der Waals surface area contributed by atoms with Gasteiger partial charge in [0.1, 0.15) is 0 Å². The Balaban J connectivity index is 2.03. The summed E-state index contributed by atoms with van der Waals surface area (Å²) in [6, 6.07) is 0. The van der Waals surface area contributed by atoms with E-state index in [4.69, 9.17) is 5.73 Å². The zero-order chi connectivity index (χ0) is 9.32. The molecule has 2 unspecified atom stereocenters. The fourth-order valence-electron chi connectivity index (χ4n) is 5.45. The first-order valence-corrected chi connectivity index (χ1v) is 5.66. The lowest BCUT2D eigenvalue weighted by atomic mass is 9.43. The molecule has 0 aliphatic heterocycles. The van der Waals surface area contributed by atoms with E-state index in [9.17, 15) is 0 Å². The third kappa shape index (κ3) is 1.09. The zero-order valence-electron chi connectivity index (χ0n) is 8.82. The van der Waals surface area contributed by atoms with Crippen molar-refractivity contribution in [3.05, 3.63) is 0 Å². The summed E-state index contributed by atoms with van der Waals surface area (Å²) in [7, 11) is 0. The predicted octanol–water partition coefficient (Wildman–Crippen LogP) is 3.02. The molecule has 2 atom stereocenters. The minimum absolute atomic E-state index is 0.0249. The molecule has 4 bridgehead atoms. The largest absolute Gasteiger partial charge is 0.251 e. The minimum Gasteiger partial charge on any atom is -0.251 e. The van der Waals surface area contributed by atoms with Gasteiger partial charge in [0.15, 0.2) is 0 Å². The first kappa shape index (κ1) is 8.28. The van der Waals surface area contributed by atoms with Crippen LogP contribution in [-0.4, -0.2) is 5.54 Å². The van der Waals surface area contributed by atoms with Gasteiger partial charge < -0.3 is 0 Å². The molecular weight excluding hydrogens is 158 g/mol. The maximum atomic E-state index is 8.46. The molecule has 0 aromatic rings. The van der Waals surface area contributed by atoms with Crippen molar-refractivity contribution in [1.82, 2.24) is 5.73 Å². The van der Waals surface area contributed by atoms with Crippen LogP contribution in [0.25, 0.3) is 0 Å². The number of rotatable bonds is 0. The molecular formula is C12H20N. The molecule has 1 nitrogen and oxygen atoms in total. The van der Waals surface area contributed by atoms with E-state index in [2.05, 4.69) is 13.8 Å². The van der Waals surface area contributed by atoms with Gasteiger partial charge in [-0.2, -0.15) is 0 Å². The van der Waals surface area contributed by atoms with E-state index in [-0.39, 0.29) is 5.54 Å². The molecule has 0 amide bonds. The van der Waals surface area contributed by atoms with Crippen molar-refractivity contribution in [3.8, 4) is 0 Å². The van der Waals surface area contributed by atoms with Crippen LogP contribution in [0.2, 0.25) is 0 Å². The Bertz CT molecular complexity index is 207. The Kier molecular flexibility index (Phi) is 1.26. The lowest BCUT2D eigenvalue weighted by Crippen LogP contribution is -2.59. The normalized spacial score (nSPS) is 64.4. The van der Waals surface area contributed by atoms with E-state index in [1.54, 1.807) is 0 Å². The molecule has 1 heteroatoms. The average molecular weight is 178 g/mol. The van der Waals surface area contributed by atoms with Crippen molar-refractivity contribution in [2.75, 3.05) is 0 Å². The van der Waals surface area contributed by atoms with Crippen LogP contribution in [0.15, 0.2) is 0 Å². The highest BCUT2D eigenvalue weighted by Crippen LogP contribution is 2.65. The summed E-state index contributed by atoms with van der Waals surface area (Å²) in [5.74, 6) is 0.892. The van der Waals surface area contributed by atoms with E-state index in [0.29, 0.717) is 10.8 Å². The molecule has 13 heavy (non-hydrogen) atoms. The monoisotopic (exact) mass is 178 g/mol. The number of hydrogen-bond donors (Lipinski definition) is 0. The highest BCUT2D eigenvalue weighted by atomic mass is 14.8. The number of hydrogen-bond acceptors (Lipinski definition) is 0. The van der Waals surface area contributed by atoms with Gasteiger partial charge >= 0.3 is 0 Å². The Labute approximate surface area is 81.1 Å². The smallest absolute Gasteiger partial charge is 0.0337 e. The fourth-order valence-corrected chi connectivity index (χ4v) is 5.45. The van der Waals surface area contributed by atoms with Crippen LogP contribution < -0.4 is 5.73 Å². The second-order valence-corrected chi connectivity index (χ2v) is 6.91. The SMILES string of the molecule is CC12CC3CC(C)(C1)CC([NH])(C3)C2. The molecule has 4 fully saturated rings. The van der Waals surface area contributed by atoms with Crippen LogP contribution in [0.3, 0.4) is 0 Å². The maximum Gasteiger partial charge on any atom is 0.0337 e. The van der Waals surface area contributed by atoms with Crippen LogP contribution in [0, 0.1) is 16.7 Å². The van der Waals surface area contributed by atoms with E-state index in [1.807, 2.05) is 0 Å². The molecule has 0 aromatic carbocycles. The molecule has 0 saturated heterocycles. The maximum absolute atomic E-state index is 8.46. The highest BCUT2D eigenvalue weighted by molar-refractivity contribution is 5.12. The van der Waals surface area contributed by atoms with Crippen LogP contribution in [-0.2, 0) is 0 Å². The average Bonchev–Trinajstić information content (AvgIpc) is 1.71. The summed E-state index contributed by atoms with van der Waals surface area (Å²) in [5.41, 5.74) is 9.51. The van der Waals surface area contributed by atoms with Crippen molar-refractivity contribution >= 4 is 0 Å². The van der Waals surface area contributed by atoms with Gasteiger partial charge in [0, 0.05) is 5.54 Å². The molecule has 4 aliphatic carbocycles. The summed E-state index contributed by atoms with van der Waals surface area (Å²) < 4.78 is 0. The van der Waals surface area contributed by atoms with Crippen molar-refractivity contribution in [3.63, 3.8) is 0 Å². The molecule has 1 N–H and O–H groups in total. The summed E-state index contributed by atoms with van der Waals surface area (Å²) in [5, 5.41) is 0. The molecule has 0 aromatic heterocycles. The Morgan fingerprint density at radius 1 is 0.923 bits per heavy atom. The first-order chi connectivity index (χ1) is 5.91. The van der Waals surface area contributed by atoms with Crippen molar-refractivity contribution in [2.45, 2.75) is 57.9 Å². The van der Waals surface area contributed by atoms with E-state index < -0.39 is 0 Å². The standard InChI is InChI=1S/C12H20N/c1-10-3-9-4-11(2,6-10)8-12(13,5-9)7-10/h9,13H,3-8H2,1-2H3. The third-order valence-corrected chi connectivity index (χ3v) is 4.63. The Hall–Kier alpha value is -0.0400. The summed E-state index contributed by atoms with van der Waals surface area (Å²) in [6.45, 7) is 4.86. The van der Waals surface area contributed by atoms with Gasteiger partial charge in [-0.1, -0.05) is 13.8 Å². The van der Waals surface area contributed by atoms with Crippen LogP contribution in [0.5, 0.6) is 0 Å². The van der Waals surface area contributed by atoms with Gasteiger partial charge in [-0.25, -0.2) is 0 Å². The molecule has 1 radical (unpaired) electrons. The molecule has 73 valence electrons. The molecule has 0 heterocycles. The van der Waals surface area contributed by atoms with Gasteiger partial charge in [0.05, 0.1) is 0 Å². The molecule has 4 rings (SSSR count). The molecule has 4 saturated carbocycles. The summed E-state index contributed by atoms with van der Waals surface area (Å²) >= 11 is 0. The second-order valence-electron chi connectivity index (χ2n) is 6.91. The predicted molar refractivity (Wildman–Crippen MR) is 53.2 cm³/mol. The Morgan fingerprint density at radius 2 is 1.46 bits per heavy atom. The van der Waals surface area contributed by atoms with Gasteiger partial charge in [0.25, 0.3) is 0 Å².